The molecule has 0 atom stereocenters. The van der Waals surface area contributed by atoms with Gasteiger partial charge in [0, 0.05) is 11.1 Å². The van der Waals surface area contributed by atoms with Crippen LogP contribution in [0.15, 0.2) is 18.2 Å². The van der Waals surface area contributed by atoms with Gasteiger partial charge in [0.2, 0.25) is 5.91 Å². The molecule has 0 aliphatic carbocycles. The highest BCUT2D eigenvalue weighted by Gasteiger charge is 2.22. The van der Waals surface area contributed by atoms with Gasteiger partial charge < -0.3 is 15.7 Å². The van der Waals surface area contributed by atoms with E-state index in [0.717, 1.165) is 5.56 Å². The Bertz CT molecular complexity index is 562. The van der Waals surface area contributed by atoms with Crippen LogP contribution in [0.2, 0.25) is 0 Å². The highest BCUT2D eigenvalue weighted by atomic mass is 32.1. The Kier molecular flexibility index (Phi) is 4.83. The van der Waals surface area contributed by atoms with Crippen molar-refractivity contribution in [3.05, 3.63) is 29.3 Å². The summed E-state index contributed by atoms with van der Waals surface area (Å²) in [5, 5.41) is 14.6. The fourth-order valence-corrected chi connectivity index (χ4v) is 1.58. The van der Waals surface area contributed by atoms with Gasteiger partial charge in [0.05, 0.1) is 5.56 Å². The number of amides is 1. The third-order valence-corrected chi connectivity index (χ3v) is 2.83. The van der Waals surface area contributed by atoms with Crippen molar-refractivity contribution in [2.75, 3.05) is 5.32 Å². The van der Waals surface area contributed by atoms with Crippen molar-refractivity contribution in [1.29, 1.82) is 0 Å². The molecule has 0 saturated carbocycles. The molecule has 0 heterocycles. The maximum Gasteiger partial charge on any atom is 0.335 e. The predicted octanol–water partition coefficient (Wildman–Crippen LogP) is 2.55. The quantitative estimate of drug-likeness (QED) is 0.731. The van der Waals surface area contributed by atoms with E-state index in [0.29, 0.717) is 5.69 Å². The van der Waals surface area contributed by atoms with Crippen LogP contribution in [0, 0.1) is 12.3 Å². The molecule has 0 aliphatic heterocycles. The average Bonchev–Trinajstić information content (AvgIpc) is 2.30. The molecule has 1 rings (SSSR count). The SMILES string of the molecule is Cc1cc(C(=O)O)ccc1NC(=S)NC(=O)C(C)(C)C. The molecule has 0 saturated heterocycles. The van der Waals surface area contributed by atoms with E-state index in [1.165, 1.54) is 6.07 Å². The van der Waals surface area contributed by atoms with Crippen molar-refractivity contribution < 1.29 is 14.7 Å². The molecule has 1 aromatic rings. The molecule has 0 aromatic heterocycles. The van der Waals surface area contributed by atoms with Crippen molar-refractivity contribution >= 4 is 34.9 Å². The minimum atomic E-state index is -0.983. The lowest BCUT2D eigenvalue weighted by Gasteiger charge is -2.19. The molecule has 0 fully saturated rings. The van der Waals surface area contributed by atoms with Crippen molar-refractivity contribution in [1.82, 2.24) is 5.32 Å². The molecular weight excluding hydrogens is 276 g/mol. The van der Waals surface area contributed by atoms with E-state index < -0.39 is 11.4 Å². The lowest BCUT2D eigenvalue weighted by Crippen LogP contribution is -2.41. The van der Waals surface area contributed by atoms with Crippen molar-refractivity contribution in [3.63, 3.8) is 0 Å². The van der Waals surface area contributed by atoms with E-state index in [4.69, 9.17) is 17.3 Å². The molecule has 1 amide bonds. The highest BCUT2D eigenvalue weighted by Crippen LogP contribution is 2.17. The van der Waals surface area contributed by atoms with Crippen LogP contribution in [0.1, 0.15) is 36.7 Å². The van der Waals surface area contributed by atoms with Gasteiger partial charge in [-0.2, -0.15) is 0 Å². The molecular formula is C14H18N2O3S. The van der Waals surface area contributed by atoms with Gasteiger partial charge in [0.1, 0.15) is 0 Å². The Labute approximate surface area is 123 Å². The van der Waals surface area contributed by atoms with Crippen LogP contribution >= 0.6 is 12.2 Å². The number of hydrogen-bond donors (Lipinski definition) is 3. The van der Waals surface area contributed by atoms with E-state index in [9.17, 15) is 9.59 Å². The van der Waals surface area contributed by atoms with E-state index in [2.05, 4.69) is 10.6 Å². The van der Waals surface area contributed by atoms with Gasteiger partial charge in [-0.05, 0) is 42.9 Å². The number of benzene rings is 1. The van der Waals surface area contributed by atoms with Gasteiger partial charge in [-0.3, -0.25) is 4.79 Å². The van der Waals surface area contributed by atoms with Crippen molar-refractivity contribution in [2.24, 2.45) is 5.41 Å². The molecule has 20 heavy (non-hydrogen) atoms. The summed E-state index contributed by atoms with van der Waals surface area (Å²) in [6.45, 7) is 7.14. The summed E-state index contributed by atoms with van der Waals surface area (Å²) < 4.78 is 0. The Morgan fingerprint density at radius 1 is 1.25 bits per heavy atom. The fourth-order valence-electron chi connectivity index (χ4n) is 1.38. The maximum absolute atomic E-state index is 11.8. The molecule has 0 spiro atoms. The smallest absolute Gasteiger partial charge is 0.335 e. The average molecular weight is 294 g/mol. The summed E-state index contributed by atoms with van der Waals surface area (Å²) >= 11 is 5.07. The zero-order chi connectivity index (χ0) is 15.5. The fraction of sp³-hybridized carbons (Fsp3) is 0.357. The van der Waals surface area contributed by atoms with Crippen LogP contribution < -0.4 is 10.6 Å². The summed E-state index contributed by atoms with van der Waals surface area (Å²) in [7, 11) is 0. The molecule has 6 heteroatoms. The van der Waals surface area contributed by atoms with Crippen LogP contribution in [-0.4, -0.2) is 22.1 Å². The minimum absolute atomic E-state index is 0.185. The second-order valence-corrected chi connectivity index (χ2v) is 5.90. The van der Waals surface area contributed by atoms with Crippen LogP contribution in [0.25, 0.3) is 0 Å². The maximum atomic E-state index is 11.8. The van der Waals surface area contributed by atoms with Crippen molar-refractivity contribution in [3.8, 4) is 0 Å². The molecule has 108 valence electrons. The molecule has 5 nitrogen and oxygen atoms in total. The Morgan fingerprint density at radius 3 is 2.30 bits per heavy atom. The number of hydrogen-bond acceptors (Lipinski definition) is 3. The van der Waals surface area contributed by atoms with Gasteiger partial charge >= 0.3 is 5.97 Å². The Balaban J connectivity index is 2.77. The number of thiocarbonyl (C=S) groups is 1. The van der Waals surface area contributed by atoms with Crippen LogP contribution in [0.3, 0.4) is 0 Å². The number of rotatable bonds is 2. The minimum Gasteiger partial charge on any atom is -0.478 e. The number of aromatic carboxylic acids is 1. The van der Waals surface area contributed by atoms with Gasteiger partial charge in [0.25, 0.3) is 0 Å². The first kappa shape index (κ1) is 16.1. The molecule has 0 bridgehead atoms. The van der Waals surface area contributed by atoms with Crippen LogP contribution in [0.5, 0.6) is 0 Å². The number of carboxylic acids is 1. The van der Waals surface area contributed by atoms with Crippen LogP contribution in [-0.2, 0) is 4.79 Å². The zero-order valence-corrected chi connectivity index (χ0v) is 12.7. The number of anilines is 1. The Morgan fingerprint density at radius 2 is 1.85 bits per heavy atom. The van der Waals surface area contributed by atoms with E-state index in [1.807, 2.05) is 0 Å². The van der Waals surface area contributed by atoms with Crippen molar-refractivity contribution in [2.45, 2.75) is 27.7 Å². The lowest BCUT2D eigenvalue weighted by molar-refractivity contribution is -0.126. The zero-order valence-electron chi connectivity index (χ0n) is 11.9. The predicted molar refractivity (Wildman–Crippen MR) is 82.0 cm³/mol. The van der Waals surface area contributed by atoms with Gasteiger partial charge in [0.15, 0.2) is 5.11 Å². The summed E-state index contributed by atoms with van der Waals surface area (Å²) in [4.78, 5) is 22.6. The highest BCUT2D eigenvalue weighted by molar-refractivity contribution is 7.80. The third-order valence-electron chi connectivity index (χ3n) is 2.63. The van der Waals surface area contributed by atoms with Gasteiger partial charge in [-0.1, -0.05) is 20.8 Å². The summed E-state index contributed by atoms with van der Waals surface area (Å²) in [6.07, 6.45) is 0. The molecule has 1 aromatic carbocycles. The first-order chi connectivity index (χ1) is 9.11. The topological polar surface area (TPSA) is 78.4 Å². The lowest BCUT2D eigenvalue weighted by atomic mass is 9.96. The van der Waals surface area contributed by atoms with Gasteiger partial charge in [-0.15, -0.1) is 0 Å². The van der Waals surface area contributed by atoms with E-state index >= 15 is 0 Å². The second-order valence-electron chi connectivity index (χ2n) is 5.49. The number of carbonyl (C=O) groups is 2. The summed E-state index contributed by atoms with van der Waals surface area (Å²) in [6, 6.07) is 4.64. The normalized spacial score (nSPS) is 10.8. The molecule has 0 radical (unpaired) electrons. The number of nitrogens with one attached hydrogen (secondary N) is 2. The third kappa shape index (κ3) is 4.31. The first-order valence-electron chi connectivity index (χ1n) is 6.07. The Hall–Kier alpha value is -1.95. The summed E-state index contributed by atoms with van der Waals surface area (Å²) in [5.41, 5.74) is 1.07. The number of carbonyl (C=O) groups excluding carboxylic acids is 1. The van der Waals surface area contributed by atoms with Crippen LogP contribution in [0.4, 0.5) is 5.69 Å². The molecule has 0 unspecified atom stereocenters. The largest absolute Gasteiger partial charge is 0.478 e. The van der Waals surface area contributed by atoms with E-state index in [1.54, 1.807) is 39.8 Å². The second kappa shape index (κ2) is 6.00. The van der Waals surface area contributed by atoms with Gasteiger partial charge in [-0.25, -0.2) is 4.79 Å². The summed E-state index contributed by atoms with van der Waals surface area (Å²) in [5.74, 6) is -1.17. The first-order valence-corrected chi connectivity index (χ1v) is 6.48. The number of carboxylic acid groups (broad SMARTS) is 1. The molecule has 3 N–H and O–H groups in total. The monoisotopic (exact) mass is 294 g/mol. The number of aryl methyl sites for hydroxylation is 1. The standard InChI is InChI=1S/C14H18N2O3S/c1-8-7-9(11(17)18)5-6-10(8)15-13(20)16-12(19)14(2,3)4/h5-7H,1-4H3,(H,17,18)(H2,15,16,19,20). The van der Waals surface area contributed by atoms with E-state index in [-0.39, 0.29) is 16.6 Å². The molecule has 0 aliphatic rings.